The largest absolute Gasteiger partial charge is 0.297 e. The zero-order valence-corrected chi connectivity index (χ0v) is 14.7. The van der Waals surface area contributed by atoms with E-state index in [1.54, 1.807) is 0 Å². The normalized spacial score (nSPS) is 15.6. The second-order valence-electron chi connectivity index (χ2n) is 6.23. The smallest absolute Gasteiger partial charge is 0.193 e. The summed E-state index contributed by atoms with van der Waals surface area (Å²) in [5.41, 5.74) is 5.03. The van der Waals surface area contributed by atoms with E-state index >= 15 is 0 Å². The van der Waals surface area contributed by atoms with Gasteiger partial charge >= 0.3 is 0 Å². The molecule has 1 fully saturated rings. The van der Waals surface area contributed by atoms with Gasteiger partial charge in [-0.2, -0.15) is 11.8 Å². The van der Waals surface area contributed by atoms with Crippen LogP contribution in [0.5, 0.6) is 0 Å². The van der Waals surface area contributed by atoms with E-state index in [0.29, 0.717) is 0 Å². The van der Waals surface area contributed by atoms with E-state index in [2.05, 4.69) is 17.0 Å². The summed E-state index contributed by atoms with van der Waals surface area (Å²) in [4.78, 5) is 15.2. The fraction of sp³-hybridized carbons (Fsp3) is 0.350. The Balaban J connectivity index is 1.73. The fourth-order valence-electron chi connectivity index (χ4n) is 2.91. The number of carbonyl (C=O) groups is 1. The summed E-state index contributed by atoms with van der Waals surface area (Å²) < 4.78 is 0. The van der Waals surface area contributed by atoms with E-state index in [9.17, 15) is 4.79 Å². The third kappa shape index (κ3) is 4.04. The molecule has 0 radical (unpaired) electrons. The molecule has 2 nitrogen and oxygen atoms in total. The third-order valence-corrected chi connectivity index (χ3v) is 5.31. The van der Waals surface area contributed by atoms with Crippen LogP contribution in [0.25, 0.3) is 0 Å². The van der Waals surface area contributed by atoms with Crippen molar-refractivity contribution in [3.05, 3.63) is 70.3 Å². The molecule has 0 bridgehead atoms. The first kappa shape index (κ1) is 16.3. The molecular weight excluding hydrogens is 302 g/mol. The molecule has 0 atom stereocenters. The number of carbonyl (C=O) groups excluding carboxylic acids is 1. The van der Waals surface area contributed by atoms with Crippen LogP contribution in [-0.4, -0.2) is 35.3 Å². The van der Waals surface area contributed by atoms with Crippen molar-refractivity contribution in [2.45, 2.75) is 20.4 Å². The number of hydrogen-bond donors (Lipinski definition) is 0. The second-order valence-corrected chi connectivity index (χ2v) is 7.46. The monoisotopic (exact) mass is 325 g/mol. The van der Waals surface area contributed by atoms with Crippen LogP contribution in [0.1, 0.15) is 32.6 Å². The minimum atomic E-state index is 0.118. The molecule has 3 heteroatoms. The molecule has 2 aromatic rings. The van der Waals surface area contributed by atoms with Gasteiger partial charge in [0.25, 0.3) is 0 Å². The van der Waals surface area contributed by atoms with Gasteiger partial charge in [0, 0.05) is 42.3 Å². The number of ketones is 1. The minimum Gasteiger partial charge on any atom is -0.297 e. The molecule has 1 heterocycles. The lowest BCUT2D eigenvalue weighted by atomic mass is 9.97. The molecule has 0 aliphatic carbocycles. The Morgan fingerprint density at radius 2 is 1.74 bits per heavy atom. The van der Waals surface area contributed by atoms with Crippen molar-refractivity contribution in [3.63, 3.8) is 0 Å². The van der Waals surface area contributed by atoms with E-state index in [1.165, 1.54) is 17.1 Å². The van der Waals surface area contributed by atoms with E-state index < -0.39 is 0 Å². The summed E-state index contributed by atoms with van der Waals surface area (Å²) in [6, 6.07) is 14.2. The first-order chi connectivity index (χ1) is 11.1. The zero-order valence-electron chi connectivity index (χ0n) is 13.8. The average molecular weight is 325 g/mol. The Hall–Kier alpha value is -1.58. The maximum Gasteiger partial charge on any atom is 0.193 e. The van der Waals surface area contributed by atoms with Crippen molar-refractivity contribution in [2.24, 2.45) is 0 Å². The SMILES string of the molecule is Cc1ccc(C)c(C(=O)c2ccc(CN3CCSCC3)cc2)c1. The van der Waals surface area contributed by atoms with Gasteiger partial charge in [-0.3, -0.25) is 9.69 Å². The Labute approximate surface area is 142 Å². The summed E-state index contributed by atoms with van der Waals surface area (Å²) in [5, 5.41) is 0. The van der Waals surface area contributed by atoms with Crippen molar-refractivity contribution >= 4 is 17.5 Å². The topological polar surface area (TPSA) is 20.3 Å². The molecule has 1 aliphatic rings. The second kappa shape index (κ2) is 7.33. The number of nitrogens with zero attached hydrogens (tertiary/aromatic N) is 1. The van der Waals surface area contributed by atoms with Crippen LogP contribution in [0.3, 0.4) is 0 Å². The number of aryl methyl sites for hydroxylation is 2. The third-order valence-electron chi connectivity index (χ3n) is 4.36. The first-order valence-corrected chi connectivity index (χ1v) is 9.30. The lowest BCUT2D eigenvalue weighted by Gasteiger charge is -2.26. The lowest BCUT2D eigenvalue weighted by molar-refractivity contribution is 0.103. The van der Waals surface area contributed by atoms with Gasteiger partial charge < -0.3 is 0 Å². The molecule has 2 aromatic carbocycles. The lowest BCUT2D eigenvalue weighted by Crippen LogP contribution is -2.31. The molecule has 23 heavy (non-hydrogen) atoms. The summed E-state index contributed by atoms with van der Waals surface area (Å²) in [7, 11) is 0. The van der Waals surface area contributed by atoms with Crippen LogP contribution >= 0.6 is 11.8 Å². The van der Waals surface area contributed by atoms with Crippen molar-refractivity contribution in [1.82, 2.24) is 4.90 Å². The molecule has 3 rings (SSSR count). The van der Waals surface area contributed by atoms with Crippen molar-refractivity contribution < 1.29 is 4.79 Å². The molecule has 0 spiro atoms. The fourth-order valence-corrected chi connectivity index (χ4v) is 3.89. The highest BCUT2D eigenvalue weighted by Gasteiger charge is 2.13. The van der Waals surface area contributed by atoms with E-state index in [1.807, 2.05) is 55.9 Å². The number of benzene rings is 2. The van der Waals surface area contributed by atoms with E-state index in [4.69, 9.17) is 0 Å². The first-order valence-electron chi connectivity index (χ1n) is 8.14. The van der Waals surface area contributed by atoms with Crippen molar-refractivity contribution in [1.29, 1.82) is 0 Å². The maximum atomic E-state index is 12.7. The van der Waals surface area contributed by atoms with Crippen molar-refractivity contribution in [3.8, 4) is 0 Å². The maximum absolute atomic E-state index is 12.7. The van der Waals surface area contributed by atoms with Crippen LogP contribution in [0.2, 0.25) is 0 Å². The van der Waals surface area contributed by atoms with Gasteiger partial charge in [-0.15, -0.1) is 0 Å². The van der Waals surface area contributed by atoms with Crippen LogP contribution in [0, 0.1) is 13.8 Å². The quantitative estimate of drug-likeness (QED) is 0.790. The summed E-state index contributed by atoms with van der Waals surface area (Å²) >= 11 is 2.03. The van der Waals surface area contributed by atoms with Crippen LogP contribution < -0.4 is 0 Å². The highest BCUT2D eigenvalue weighted by molar-refractivity contribution is 7.99. The molecule has 0 unspecified atom stereocenters. The van der Waals surface area contributed by atoms with Gasteiger partial charge in [-0.05, 0) is 31.0 Å². The number of rotatable bonds is 4. The molecule has 120 valence electrons. The summed E-state index contributed by atoms with van der Waals surface area (Å²) in [5.74, 6) is 2.57. The Morgan fingerprint density at radius 3 is 2.43 bits per heavy atom. The Morgan fingerprint density at radius 1 is 1.04 bits per heavy atom. The molecule has 0 saturated carbocycles. The molecule has 1 aliphatic heterocycles. The minimum absolute atomic E-state index is 0.118. The highest BCUT2D eigenvalue weighted by atomic mass is 32.2. The zero-order chi connectivity index (χ0) is 16.2. The Kier molecular flexibility index (Phi) is 5.19. The standard InChI is InChI=1S/C20H23NOS/c1-15-3-4-16(2)19(13-15)20(22)18-7-5-17(6-8-18)14-21-9-11-23-12-10-21/h3-8,13H,9-12,14H2,1-2H3. The Bertz CT molecular complexity index is 687. The van der Waals surface area contributed by atoms with E-state index in [0.717, 1.165) is 41.9 Å². The van der Waals surface area contributed by atoms with Gasteiger partial charge in [0.2, 0.25) is 0 Å². The molecule has 0 N–H and O–H groups in total. The summed E-state index contributed by atoms with van der Waals surface area (Å²) in [6.45, 7) is 7.33. The summed E-state index contributed by atoms with van der Waals surface area (Å²) in [6.07, 6.45) is 0. The number of thioether (sulfide) groups is 1. The molecule has 0 amide bonds. The van der Waals surface area contributed by atoms with Crippen LogP contribution in [-0.2, 0) is 6.54 Å². The van der Waals surface area contributed by atoms with Gasteiger partial charge in [0.15, 0.2) is 5.78 Å². The van der Waals surface area contributed by atoms with E-state index in [-0.39, 0.29) is 5.78 Å². The average Bonchev–Trinajstić information content (AvgIpc) is 2.58. The van der Waals surface area contributed by atoms with Gasteiger partial charge in [-0.1, -0.05) is 42.0 Å². The van der Waals surface area contributed by atoms with Gasteiger partial charge in [0.1, 0.15) is 0 Å². The van der Waals surface area contributed by atoms with Crippen molar-refractivity contribution in [2.75, 3.05) is 24.6 Å². The molecule has 0 aromatic heterocycles. The highest BCUT2D eigenvalue weighted by Crippen LogP contribution is 2.18. The van der Waals surface area contributed by atoms with Crippen LogP contribution in [0.15, 0.2) is 42.5 Å². The molecule has 1 saturated heterocycles. The van der Waals surface area contributed by atoms with Crippen LogP contribution in [0.4, 0.5) is 0 Å². The number of hydrogen-bond acceptors (Lipinski definition) is 3. The van der Waals surface area contributed by atoms with Gasteiger partial charge in [0.05, 0.1) is 0 Å². The molecular formula is C20H23NOS. The van der Waals surface area contributed by atoms with Gasteiger partial charge in [-0.25, -0.2) is 0 Å². The predicted molar refractivity (Wildman–Crippen MR) is 98.4 cm³/mol. The predicted octanol–water partition coefficient (Wildman–Crippen LogP) is 4.08.